The first-order valence-corrected chi connectivity index (χ1v) is 4.29. The Labute approximate surface area is 76.8 Å². The van der Waals surface area contributed by atoms with Crippen LogP contribution < -0.4 is 0 Å². The van der Waals surface area contributed by atoms with Crippen LogP contribution >= 0.6 is 0 Å². The molecule has 0 radical (unpaired) electrons. The Hall–Kier alpha value is -1.32. The van der Waals surface area contributed by atoms with Crippen LogP contribution in [0.2, 0.25) is 0 Å². The lowest BCUT2D eigenvalue weighted by Gasteiger charge is -2.12. The van der Waals surface area contributed by atoms with E-state index in [4.69, 9.17) is 5.11 Å². The largest absolute Gasteiger partial charge is 0.478 e. The maximum Gasteiger partial charge on any atom is 0.328 e. The summed E-state index contributed by atoms with van der Waals surface area (Å²) in [5, 5.41) is 8.30. The highest BCUT2D eigenvalue weighted by molar-refractivity contribution is 5.94. The highest BCUT2D eigenvalue weighted by Gasteiger charge is 2.21. The molecule has 0 bridgehead atoms. The number of carboxylic acid groups (broad SMARTS) is 1. The number of aliphatic carboxylic acids is 1. The average Bonchev–Trinajstić information content (AvgIpc) is 2.47. The molecule has 1 aliphatic rings. The number of carboxylic acids is 1. The molecule has 1 heterocycles. The second kappa shape index (κ2) is 4.07. The predicted octanol–water partition coefficient (Wildman–Crippen LogP) is 0.496. The van der Waals surface area contributed by atoms with E-state index < -0.39 is 5.97 Å². The van der Waals surface area contributed by atoms with Gasteiger partial charge in [-0.2, -0.15) is 0 Å². The fraction of sp³-hybridized carbons (Fsp3) is 0.556. The monoisotopic (exact) mass is 183 g/mol. The molecular formula is C9H13NO3. The van der Waals surface area contributed by atoms with Crippen molar-refractivity contribution >= 4 is 11.9 Å². The lowest BCUT2D eigenvalue weighted by Crippen LogP contribution is -2.26. The smallest absolute Gasteiger partial charge is 0.328 e. The number of likely N-dealkylation sites (tertiary alicyclic amines) is 1. The first-order valence-electron chi connectivity index (χ1n) is 4.29. The van der Waals surface area contributed by atoms with Gasteiger partial charge in [-0.25, -0.2) is 4.79 Å². The molecule has 0 aliphatic carbocycles. The number of carbonyl (C=O) groups excluding carboxylic acids is 1. The van der Waals surface area contributed by atoms with Crippen LogP contribution in [0.5, 0.6) is 0 Å². The van der Waals surface area contributed by atoms with Gasteiger partial charge in [-0.05, 0) is 12.3 Å². The molecule has 0 spiro atoms. The number of hydrogen-bond donors (Lipinski definition) is 1. The first kappa shape index (κ1) is 9.77. The van der Waals surface area contributed by atoms with E-state index in [2.05, 4.69) is 6.92 Å². The zero-order valence-corrected chi connectivity index (χ0v) is 7.56. The van der Waals surface area contributed by atoms with Crippen molar-refractivity contribution in [2.24, 2.45) is 5.92 Å². The van der Waals surface area contributed by atoms with E-state index in [1.54, 1.807) is 4.90 Å². The van der Waals surface area contributed by atoms with Crippen LogP contribution in [-0.4, -0.2) is 35.0 Å². The van der Waals surface area contributed by atoms with Crippen molar-refractivity contribution in [1.82, 2.24) is 4.90 Å². The van der Waals surface area contributed by atoms with E-state index >= 15 is 0 Å². The molecule has 1 fully saturated rings. The van der Waals surface area contributed by atoms with Gasteiger partial charge in [0.05, 0.1) is 0 Å². The fourth-order valence-corrected chi connectivity index (χ4v) is 1.38. The minimum absolute atomic E-state index is 0.202. The Morgan fingerprint density at radius 3 is 2.62 bits per heavy atom. The average molecular weight is 183 g/mol. The Morgan fingerprint density at radius 1 is 1.46 bits per heavy atom. The molecule has 0 aromatic rings. The fourth-order valence-electron chi connectivity index (χ4n) is 1.38. The number of carbonyl (C=O) groups is 2. The van der Waals surface area contributed by atoms with Crippen LogP contribution in [0.4, 0.5) is 0 Å². The zero-order valence-electron chi connectivity index (χ0n) is 7.56. The highest BCUT2D eigenvalue weighted by Crippen LogP contribution is 2.14. The van der Waals surface area contributed by atoms with Gasteiger partial charge >= 0.3 is 5.97 Å². The molecule has 1 unspecified atom stereocenters. The molecule has 13 heavy (non-hydrogen) atoms. The van der Waals surface area contributed by atoms with Gasteiger partial charge in [0.1, 0.15) is 0 Å². The SMILES string of the molecule is CC1CCN(C(=O)C=CC(=O)O)C1. The van der Waals surface area contributed by atoms with Gasteiger partial charge < -0.3 is 10.0 Å². The molecule has 0 saturated carbocycles. The summed E-state index contributed by atoms with van der Waals surface area (Å²) in [5.41, 5.74) is 0. The summed E-state index contributed by atoms with van der Waals surface area (Å²) in [5.74, 6) is -0.755. The molecule has 1 rings (SSSR count). The van der Waals surface area contributed by atoms with Gasteiger partial charge in [0.15, 0.2) is 0 Å². The predicted molar refractivity (Wildman–Crippen MR) is 47.1 cm³/mol. The van der Waals surface area contributed by atoms with Crippen molar-refractivity contribution in [2.75, 3.05) is 13.1 Å². The third-order valence-electron chi connectivity index (χ3n) is 2.10. The highest BCUT2D eigenvalue weighted by atomic mass is 16.4. The van der Waals surface area contributed by atoms with Crippen molar-refractivity contribution in [3.63, 3.8) is 0 Å². The van der Waals surface area contributed by atoms with Crippen LogP contribution in [0.3, 0.4) is 0 Å². The summed E-state index contributed by atoms with van der Waals surface area (Å²) in [4.78, 5) is 23.1. The molecule has 4 heteroatoms. The molecule has 0 aromatic heterocycles. The Balaban J connectivity index is 2.44. The van der Waals surface area contributed by atoms with Crippen molar-refractivity contribution in [1.29, 1.82) is 0 Å². The van der Waals surface area contributed by atoms with Gasteiger partial charge in [0.25, 0.3) is 0 Å². The normalized spacial score (nSPS) is 22.5. The first-order chi connectivity index (χ1) is 6.09. The molecule has 0 aromatic carbocycles. The van der Waals surface area contributed by atoms with Gasteiger partial charge in [-0.1, -0.05) is 6.92 Å². The summed E-state index contributed by atoms with van der Waals surface area (Å²) in [7, 11) is 0. The summed E-state index contributed by atoms with van der Waals surface area (Å²) in [6, 6.07) is 0. The summed E-state index contributed by atoms with van der Waals surface area (Å²) in [6.45, 7) is 3.56. The van der Waals surface area contributed by atoms with E-state index in [0.29, 0.717) is 5.92 Å². The van der Waals surface area contributed by atoms with Crippen molar-refractivity contribution in [2.45, 2.75) is 13.3 Å². The Morgan fingerprint density at radius 2 is 2.15 bits per heavy atom. The quantitative estimate of drug-likeness (QED) is 0.634. The van der Waals surface area contributed by atoms with E-state index in [0.717, 1.165) is 31.7 Å². The van der Waals surface area contributed by atoms with Crippen LogP contribution in [0.1, 0.15) is 13.3 Å². The molecule has 4 nitrogen and oxygen atoms in total. The Kier molecular flexibility index (Phi) is 3.06. The Bertz CT molecular complexity index is 247. The van der Waals surface area contributed by atoms with E-state index in [1.165, 1.54) is 0 Å². The summed E-state index contributed by atoms with van der Waals surface area (Å²) < 4.78 is 0. The number of rotatable bonds is 2. The van der Waals surface area contributed by atoms with E-state index in [-0.39, 0.29) is 5.91 Å². The minimum atomic E-state index is -1.08. The number of amides is 1. The molecule has 1 N–H and O–H groups in total. The third kappa shape index (κ3) is 2.89. The van der Waals surface area contributed by atoms with Crippen LogP contribution in [0.15, 0.2) is 12.2 Å². The maximum atomic E-state index is 11.3. The lowest BCUT2D eigenvalue weighted by atomic mass is 10.2. The molecule has 1 aliphatic heterocycles. The summed E-state index contributed by atoms with van der Waals surface area (Å²) in [6.07, 6.45) is 3.00. The zero-order chi connectivity index (χ0) is 9.84. The van der Waals surface area contributed by atoms with Gasteiger partial charge in [-0.3, -0.25) is 4.79 Å². The topological polar surface area (TPSA) is 57.6 Å². The van der Waals surface area contributed by atoms with Gasteiger partial charge in [-0.15, -0.1) is 0 Å². The maximum absolute atomic E-state index is 11.3. The van der Waals surface area contributed by atoms with E-state index in [9.17, 15) is 9.59 Å². The van der Waals surface area contributed by atoms with Crippen LogP contribution in [0.25, 0.3) is 0 Å². The molecule has 1 amide bonds. The van der Waals surface area contributed by atoms with Crippen molar-refractivity contribution in [3.05, 3.63) is 12.2 Å². The molecule has 72 valence electrons. The van der Waals surface area contributed by atoms with Crippen LogP contribution in [-0.2, 0) is 9.59 Å². The summed E-state index contributed by atoms with van der Waals surface area (Å²) >= 11 is 0. The minimum Gasteiger partial charge on any atom is -0.478 e. The molecule has 1 atom stereocenters. The second-order valence-corrected chi connectivity index (χ2v) is 3.35. The second-order valence-electron chi connectivity index (χ2n) is 3.35. The van der Waals surface area contributed by atoms with Gasteiger partial charge in [0.2, 0.25) is 5.91 Å². The standard InChI is InChI=1S/C9H13NO3/c1-7-4-5-10(6-7)8(11)2-3-9(12)13/h2-3,7H,4-6H2,1H3,(H,12,13). The lowest BCUT2D eigenvalue weighted by molar-refractivity contribution is -0.132. The molecule has 1 saturated heterocycles. The third-order valence-corrected chi connectivity index (χ3v) is 2.10. The van der Waals surface area contributed by atoms with Crippen LogP contribution in [0, 0.1) is 5.92 Å². The van der Waals surface area contributed by atoms with Crippen molar-refractivity contribution < 1.29 is 14.7 Å². The molecular weight excluding hydrogens is 170 g/mol. The van der Waals surface area contributed by atoms with Crippen molar-refractivity contribution in [3.8, 4) is 0 Å². The number of hydrogen-bond acceptors (Lipinski definition) is 2. The van der Waals surface area contributed by atoms with E-state index in [1.807, 2.05) is 0 Å². The van der Waals surface area contributed by atoms with Gasteiger partial charge in [0, 0.05) is 25.2 Å². The number of nitrogens with zero attached hydrogens (tertiary/aromatic N) is 1.